The summed E-state index contributed by atoms with van der Waals surface area (Å²) >= 11 is 0.990. The summed E-state index contributed by atoms with van der Waals surface area (Å²) in [6.45, 7) is 7.95. The first-order chi connectivity index (χ1) is 15.1. The second-order valence-corrected chi connectivity index (χ2v) is 11.9. The maximum atomic E-state index is 13.2. The maximum absolute atomic E-state index is 13.2. The van der Waals surface area contributed by atoms with E-state index in [0.717, 1.165) is 24.6 Å². The van der Waals surface area contributed by atoms with Gasteiger partial charge in [-0.05, 0) is 25.0 Å². The molecule has 2 fully saturated rings. The number of rotatable bonds is 3. The fourth-order valence-corrected chi connectivity index (χ4v) is 6.55. The lowest BCUT2D eigenvalue weighted by Gasteiger charge is -2.39. The molecule has 1 aromatic heterocycles. The van der Waals surface area contributed by atoms with Crippen molar-refractivity contribution in [3.05, 3.63) is 18.2 Å². The predicted molar refractivity (Wildman–Crippen MR) is 122 cm³/mol. The van der Waals surface area contributed by atoms with E-state index in [1.54, 1.807) is 28.0 Å². The molecule has 2 aromatic rings. The van der Waals surface area contributed by atoms with E-state index in [9.17, 15) is 18.0 Å². The van der Waals surface area contributed by atoms with Gasteiger partial charge in [0.1, 0.15) is 15.9 Å². The SMILES string of the molecule is CC(C)(C)C(=O)N1CCCC(C(=O)N2CCN(S(=O)(=O)c3cccc4nsnc34)CC2)C1. The molecule has 2 aliphatic rings. The number of piperazine rings is 1. The van der Waals surface area contributed by atoms with Crippen LogP contribution in [0, 0.1) is 11.3 Å². The van der Waals surface area contributed by atoms with Crippen molar-refractivity contribution in [2.75, 3.05) is 39.3 Å². The molecule has 4 rings (SSSR count). The number of amides is 2. The Balaban J connectivity index is 1.41. The van der Waals surface area contributed by atoms with Crippen LogP contribution < -0.4 is 0 Å². The normalized spacial score (nSPS) is 21.2. The van der Waals surface area contributed by atoms with Gasteiger partial charge in [-0.25, -0.2) is 8.42 Å². The first-order valence-corrected chi connectivity index (χ1v) is 13.1. The minimum atomic E-state index is -3.72. The summed E-state index contributed by atoms with van der Waals surface area (Å²) in [5.74, 6) is -0.149. The lowest BCUT2D eigenvalue weighted by Crippen LogP contribution is -2.54. The zero-order valence-corrected chi connectivity index (χ0v) is 20.3. The topological polar surface area (TPSA) is 104 Å². The van der Waals surface area contributed by atoms with Crippen LogP contribution in [-0.4, -0.2) is 82.4 Å². The number of nitrogens with zero attached hydrogens (tertiary/aromatic N) is 5. The molecule has 11 heteroatoms. The van der Waals surface area contributed by atoms with Gasteiger partial charge in [-0.2, -0.15) is 13.1 Å². The molecule has 2 aliphatic heterocycles. The highest BCUT2D eigenvalue weighted by Gasteiger charge is 2.37. The van der Waals surface area contributed by atoms with Crippen molar-refractivity contribution in [2.45, 2.75) is 38.5 Å². The summed E-state index contributed by atoms with van der Waals surface area (Å²) < 4.78 is 36.1. The zero-order chi connectivity index (χ0) is 23.1. The molecule has 2 amide bonds. The fourth-order valence-electron chi connectivity index (χ4n) is 4.37. The Morgan fingerprint density at radius 1 is 1.03 bits per heavy atom. The lowest BCUT2D eigenvalue weighted by atomic mass is 9.90. The molecule has 0 bridgehead atoms. The molecule has 0 spiro atoms. The molecular weight excluding hydrogens is 450 g/mol. The van der Waals surface area contributed by atoms with E-state index in [-0.39, 0.29) is 35.7 Å². The Morgan fingerprint density at radius 3 is 2.44 bits per heavy atom. The monoisotopic (exact) mass is 479 g/mol. The van der Waals surface area contributed by atoms with Gasteiger partial charge in [-0.3, -0.25) is 9.59 Å². The molecule has 1 unspecified atom stereocenters. The van der Waals surface area contributed by atoms with Crippen molar-refractivity contribution in [1.82, 2.24) is 22.9 Å². The first kappa shape index (κ1) is 23.1. The zero-order valence-electron chi connectivity index (χ0n) is 18.7. The van der Waals surface area contributed by atoms with E-state index in [1.807, 2.05) is 20.8 Å². The Hall–Kier alpha value is -2.11. The molecule has 1 aromatic carbocycles. The van der Waals surface area contributed by atoms with Crippen molar-refractivity contribution in [3.63, 3.8) is 0 Å². The van der Waals surface area contributed by atoms with E-state index in [2.05, 4.69) is 8.75 Å². The van der Waals surface area contributed by atoms with E-state index in [1.165, 1.54) is 4.31 Å². The number of sulfonamides is 1. The Bertz CT molecular complexity index is 1120. The second-order valence-electron chi connectivity index (χ2n) is 9.46. The molecule has 174 valence electrons. The van der Waals surface area contributed by atoms with Gasteiger partial charge in [0.2, 0.25) is 21.8 Å². The minimum Gasteiger partial charge on any atom is -0.341 e. The van der Waals surface area contributed by atoms with Gasteiger partial charge >= 0.3 is 0 Å². The highest BCUT2D eigenvalue weighted by Crippen LogP contribution is 2.27. The molecule has 0 aliphatic carbocycles. The van der Waals surface area contributed by atoms with E-state index in [4.69, 9.17) is 0 Å². The third-order valence-electron chi connectivity index (χ3n) is 6.12. The third-order valence-corrected chi connectivity index (χ3v) is 8.59. The van der Waals surface area contributed by atoms with Crippen LogP contribution in [0.4, 0.5) is 0 Å². The number of aromatic nitrogens is 2. The number of hydrogen-bond donors (Lipinski definition) is 0. The van der Waals surface area contributed by atoms with Crippen LogP contribution in [-0.2, 0) is 19.6 Å². The summed E-state index contributed by atoms with van der Waals surface area (Å²) in [7, 11) is -3.72. The average Bonchev–Trinajstić information content (AvgIpc) is 3.26. The number of carbonyl (C=O) groups is 2. The van der Waals surface area contributed by atoms with Crippen molar-refractivity contribution >= 4 is 44.6 Å². The Morgan fingerprint density at radius 2 is 1.75 bits per heavy atom. The third kappa shape index (κ3) is 4.38. The number of fused-ring (bicyclic) bond motifs is 1. The molecule has 3 heterocycles. The number of likely N-dealkylation sites (tertiary alicyclic amines) is 1. The highest BCUT2D eigenvalue weighted by atomic mass is 32.2. The molecule has 0 saturated carbocycles. The van der Waals surface area contributed by atoms with E-state index in [0.29, 0.717) is 37.2 Å². The quantitative estimate of drug-likeness (QED) is 0.665. The van der Waals surface area contributed by atoms with Crippen molar-refractivity contribution in [2.24, 2.45) is 11.3 Å². The maximum Gasteiger partial charge on any atom is 0.245 e. The number of piperidine rings is 1. The summed E-state index contributed by atoms with van der Waals surface area (Å²) in [4.78, 5) is 29.5. The van der Waals surface area contributed by atoms with Crippen LogP contribution in [0.3, 0.4) is 0 Å². The van der Waals surface area contributed by atoms with Crippen molar-refractivity contribution in [1.29, 1.82) is 0 Å². The van der Waals surface area contributed by atoms with Crippen molar-refractivity contribution < 1.29 is 18.0 Å². The standard InChI is InChI=1S/C21H29N5O4S2/c1-21(2,3)20(28)25-9-5-6-15(14-25)19(27)24-10-12-26(13-11-24)32(29,30)17-8-4-7-16-18(17)23-31-22-16/h4,7-8,15H,5-6,9-14H2,1-3H3. The molecule has 1 atom stereocenters. The minimum absolute atomic E-state index is 0.0132. The van der Waals surface area contributed by atoms with Crippen LogP contribution in [0.25, 0.3) is 11.0 Å². The first-order valence-electron chi connectivity index (χ1n) is 10.9. The van der Waals surface area contributed by atoms with Crippen LogP contribution in [0.2, 0.25) is 0 Å². The van der Waals surface area contributed by atoms with Gasteiger partial charge in [-0.1, -0.05) is 26.8 Å². The number of hydrogen-bond acceptors (Lipinski definition) is 7. The highest BCUT2D eigenvalue weighted by molar-refractivity contribution is 7.89. The molecule has 2 saturated heterocycles. The number of benzene rings is 1. The van der Waals surface area contributed by atoms with Crippen LogP contribution >= 0.6 is 11.7 Å². The van der Waals surface area contributed by atoms with Gasteiger partial charge in [0.25, 0.3) is 0 Å². The van der Waals surface area contributed by atoms with Crippen LogP contribution in [0.1, 0.15) is 33.6 Å². The van der Waals surface area contributed by atoms with Gasteiger partial charge in [0.15, 0.2) is 0 Å². The van der Waals surface area contributed by atoms with E-state index >= 15 is 0 Å². The molecular formula is C21H29N5O4S2. The van der Waals surface area contributed by atoms with Gasteiger partial charge < -0.3 is 9.80 Å². The Labute approximate surface area is 192 Å². The fraction of sp³-hybridized carbons (Fsp3) is 0.619. The molecule has 9 nitrogen and oxygen atoms in total. The number of carbonyl (C=O) groups excluding carboxylic acids is 2. The summed E-state index contributed by atoms with van der Waals surface area (Å²) in [6.07, 6.45) is 1.56. The smallest absolute Gasteiger partial charge is 0.245 e. The van der Waals surface area contributed by atoms with Gasteiger partial charge in [0.05, 0.1) is 17.6 Å². The summed E-state index contributed by atoms with van der Waals surface area (Å²) in [5, 5.41) is 0. The largest absolute Gasteiger partial charge is 0.341 e. The summed E-state index contributed by atoms with van der Waals surface area (Å²) in [6, 6.07) is 4.97. The van der Waals surface area contributed by atoms with Gasteiger partial charge in [-0.15, -0.1) is 0 Å². The molecule has 32 heavy (non-hydrogen) atoms. The molecule has 0 radical (unpaired) electrons. The van der Waals surface area contributed by atoms with Crippen LogP contribution in [0.5, 0.6) is 0 Å². The summed E-state index contributed by atoms with van der Waals surface area (Å²) in [5.41, 5.74) is 0.485. The molecule has 0 N–H and O–H groups in total. The Kier molecular flexibility index (Phi) is 6.25. The van der Waals surface area contributed by atoms with Gasteiger partial charge in [0, 0.05) is 44.7 Å². The second kappa shape index (κ2) is 8.68. The lowest BCUT2D eigenvalue weighted by molar-refractivity contribution is -0.145. The van der Waals surface area contributed by atoms with E-state index < -0.39 is 15.4 Å². The van der Waals surface area contributed by atoms with Crippen molar-refractivity contribution in [3.8, 4) is 0 Å². The average molecular weight is 480 g/mol. The predicted octanol–water partition coefficient (Wildman–Crippen LogP) is 1.81. The van der Waals surface area contributed by atoms with Crippen LogP contribution in [0.15, 0.2) is 23.1 Å².